The highest BCUT2D eigenvalue weighted by molar-refractivity contribution is 5.87. The van der Waals surface area contributed by atoms with Gasteiger partial charge >= 0.3 is 5.97 Å². The molecule has 28 heavy (non-hydrogen) atoms. The van der Waals surface area contributed by atoms with Crippen LogP contribution in [-0.4, -0.2) is 62.7 Å². The fraction of sp³-hybridized carbons (Fsp3) is 0.778. The fourth-order valence-electron chi connectivity index (χ4n) is 4.66. The number of hydrogen-bond acceptors (Lipinski definition) is 6. The maximum atomic E-state index is 13.5. The second-order valence-electron chi connectivity index (χ2n) is 8.44. The van der Waals surface area contributed by atoms with Crippen molar-refractivity contribution in [3.05, 3.63) is 6.33 Å². The molecule has 4 atom stereocenters. The van der Waals surface area contributed by atoms with Crippen LogP contribution in [0.3, 0.4) is 0 Å². The lowest BCUT2D eigenvalue weighted by Crippen LogP contribution is -2.51. The molecule has 0 aromatic carbocycles. The number of likely N-dealkylation sites (tertiary alicyclic amines) is 1. The Morgan fingerprint density at radius 3 is 2.89 bits per heavy atom. The number of cyclic esters (lactones) is 1. The molecule has 10 heteroatoms. The standard InChI is InChI=1S/C18H25F2N5O3/c1-18(2)11(6-14(26)28-18)16(27)24-5-3-4-10(8-24)12-7-13(15(19)20)25-17(23-12)21-9-22-25/h9-13,15H,3-8H2,1-2H3,(H,21,22,23)/t10?,11?,12-,13+/m0/s1. The average Bonchev–Trinajstić information content (AvgIpc) is 3.23. The Morgan fingerprint density at radius 1 is 1.43 bits per heavy atom. The Kier molecular flexibility index (Phi) is 4.75. The Morgan fingerprint density at radius 2 is 2.21 bits per heavy atom. The molecule has 8 nitrogen and oxygen atoms in total. The molecule has 1 N–H and O–H groups in total. The molecule has 0 bridgehead atoms. The number of ether oxygens (including phenoxy) is 1. The topological polar surface area (TPSA) is 89.4 Å². The van der Waals surface area contributed by atoms with E-state index in [4.69, 9.17) is 4.74 Å². The summed E-state index contributed by atoms with van der Waals surface area (Å²) in [5.74, 6) is -0.573. The maximum absolute atomic E-state index is 13.5. The zero-order chi connectivity index (χ0) is 20.1. The van der Waals surface area contributed by atoms with Crippen molar-refractivity contribution in [2.75, 3.05) is 18.4 Å². The summed E-state index contributed by atoms with van der Waals surface area (Å²) in [6.07, 6.45) is 0.699. The average molecular weight is 397 g/mol. The number of halogens is 2. The molecule has 1 aromatic rings. The molecule has 0 saturated carbocycles. The number of hydrogen-bond donors (Lipinski definition) is 1. The van der Waals surface area contributed by atoms with Crippen LogP contribution in [0.4, 0.5) is 14.7 Å². The molecule has 154 valence electrons. The van der Waals surface area contributed by atoms with E-state index in [-0.39, 0.29) is 36.7 Å². The quantitative estimate of drug-likeness (QED) is 0.783. The van der Waals surface area contributed by atoms with Gasteiger partial charge in [-0.25, -0.2) is 13.5 Å². The second kappa shape index (κ2) is 6.97. The van der Waals surface area contributed by atoms with Gasteiger partial charge in [-0.3, -0.25) is 9.59 Å². The molecule has 1 aromatic heterocycles. The minimum atomic E-state index is -2.53. The predicted molar refractivity (Wildman–Crippen MR) is 94.7 cm³/mol. The monoisotopic (exact) mass is 397 g/mol. The summed E-state index contributed by atoms with van der Waals surface area (Å²) in [5, 5.41) is 7.13. The molecule has 0 spiro atoms. The van der Waals surface area contributed by atoms with Crippen LogP contribution in [0.25, 0.3) is 0 Å². The van der Waals surface area contributed by atoms with Crippen molar-refractivity contribution >= 4 is 17.8 Å². The number of esters is 1. The van der Waals surface area contributed by atoms with Gasteiger partial charge in [-0.2, -0.15) is 10.1 Å². The lowest BCUT2D eigenvalue weighted by atomic mass is 9.84. The van der Waals surface area contributed by atoms with E-state index in [0.29, 0.717) is 19.0 Å². The van der Waals surface area contributed by atoms with Crippen molar-refractivity contribution in [2.45, 2.75) is 63.6 Å². The van der Waals surface area contributed by atoms with E-state index in [0.717, 1.165) is 12.8 Å². The van der Waals surface area contributed by atoms with E-state index in [9.17, 15) is 18.4 Å². The SMILES string of the molecule is CC1(C)OC(=O)CC1C(=O)N1CCCC([C@@H]2C[C@H](C(F)F)n3ncnc3N2)C1. The number of carbonyl (C=O) groups excluding carboxylic acids is 2. The van der Waals surface area contributed by atoms with Crippen LogP contribution in [-0.2, 0) is 14.3 Å². The lowest BCUT2D eigenvalue weighted by molar-refractivity contribution is -0.149. The van der Waals surface area contributed by atoms with Gasteiger partial charge in [0.25, 0.3) is 6.43 Å². The molecule has 2 saturated heterocycles. The van der Waals surface area contributed by atoms with Gasteiger partial charge in [0.2, 0.25) is 11.9 Å². The summed E-state index contributed by atoms with van der Waals surface area (Å²) < 4.78 is 33.6. The number of fused-ring (bicyclic) bond motifs is 1. The van der Waals surface area contributed by atoms with E-state index >= 15 is 0 Å². The summed E-state index contributed by atoms with van der Waals surface area (Å²) in [6.45, 7) is 4.59. The van der Waals surface area contributed by atoms with Gasteiger partial charge in [-0.05, 0) is 39.0 Å². The smallest absolute Gasteiger partial charge is 0.307 e. The zero-order valence-electron chi connectivity index (χ0n) is 16.0. The second-order valence-corrected chi connectivity index (χ2v) is 8.44. The number of rotatable bonds is 3. The third-order valence-corrected chi connectivity index (χ3v) is 6.21. The molecule has 0 radical (unpaired) electrons. The Balaban J connectivity index is 1.47. The highest BCUT2D eigenvalue weighted by Gasteiger charge is 2.48. The summed E-state index contributed by atoms with van der Waals surface area (Å²) in [5.41, 5.74) is -0.818. The van der Waals surface area contributed by atoms with Crippen LogP contribution >= 0.6 is 0 Å². The molecule has 3 aliphatic rings. The van der Waals surface area contributed by atoms with Gasteiger partial charge in [-0.1, -0.05) is 0 Å². The molecule has 3 aliphatic heterocycles. The predicted octanol–water partition coefficient (Wildman–Crippen LogP) is 1.85. The minimum absolute atomic E-state index is 0.0329. The van der Waals surface area contributed by atoms with E-state index < -0.39 is 24.0 Å². The van der Waals surface area contributed by atoms with Crippen LogP contribution in [0, 0.1) is 11.8 Å². The zero-order valence-corrected chi connectivity index (χ0v) is 16.0. The first-order valence-electron chi connectivity index (χ1n) is 9.71. The van der Waals surface area contributed by atoms with E-state index in [1.54, 1.807) is 18.7 Å². The van der Waals surface area contributed by atoms with E-state index in [1.165, 1.54) is 11.0 Å². The van der Waals surface area contributed by atoms with Crippen molar-refractivity contribution < 1.29 is 23.1 Å². The maximum Gasteiger partial charge on any atom is 0.307 e. The number of nitrogens with zero attached hydrogens (tertiary/aromatic N) is 4. The van der Waals surface area contributed by atoms with Gasteiger partial charge in [0.05, 0.1) is 12.3 Å². The molecule has 2 unspecified atom stereocenters. The van der Waals surface area contributed by atoms with Crippen molar-refractivity contribution in [1.82, 2.24) is 19.7 Å². The van der Waals surface area contributed by atoms with Crippen LogP contribution < -0.4 is 5.32 Å². The highest BCUT2D eigenvalue weighted by atomic mass is 19.3. The Labute approximate surface area is 161 Å². The number of amides is 1. The molecule has 4 heterocycles. The largest absolute Gasteiger partial charge is 0.459 e. The minimum Gasteiger partial charge on any atom is -0.459 e. The first-order chi connectivity index (χ1) is 13.3. The van der Waals surface area contributed by atoms with Gasteiger partial charge in [-0.15, -0.1) is 0 Å². The molecular weight excluding hydrogens is 372 g/mol. The van der Waals surface area contributed by atoms with Gasteiger partial charge in [0.15, 0.2) is 0 Å². The number of alkyl halides is 2. The molecule has 0 aliphatic carbocycles. The van der Waals surface area contributed by atoms with Gasteiger partial charge in [0.1, 0.15) is 18.0 Å². The first-order valence-corrected chi connectivity index (χ1v) is 9.71. The van der Waals surface area contributed by atoms with Crippen molar-refractivity contribution in [3.63, 3.8) is 0 Å². The van der Waals surface area contributed by atoms with Crippen molar-refractivity contribution in [1.29, 1.82) is 0 Å². The van der Waals surface area contributed by atoms with Gasteiger partial charge < -0.3 is 15.0 Å². The molecular formula is C18H25F2N5O3. The van der Waals surface area contributed by atoms with E-state index in [2.05, 4.69) is 15.4 Å². The van der Waals surface area contributed by atoms with E-state index in [1.807, 2.05) is 0 Å². The van der Waals surface area contributed by atoms with Crippen LogP contribution in [0.5, 0.6) is 0 Å². The lowest BCUT2D eigenvalue weighted by Gasteiger charge is -2.41. The number of nitrogens with one attached hydrogen (secondary N) is 1. The summed E-state index contributed by atoms with van der Waals surface area (Å²) in [6, 6.07) is -1.23. The van der Waals surface area contributed by atoms with Crippen molar-refractivity contribution in [3.8, 4) is 0 Å². The Hall–Kier alpha value is -2.26. The first kappa shape index (κ1) is 19.1. The third kappa shape index (κ3) is 3.33. The van der Waals surface area contributed by atoms with Crippen LogP contribution in [0.1, 0.15) is 45.6 Å². The normalized spacial score (nSPS) is 32.0. The van der Waals surface area contributed by atoms with Crippen molar-refractivity contribution in [2.24, 2.45) is 11.8 Å². The number of piperidine rings is 1. The number of anilines is 1. The fourth-order valence-corrected chi connectivity index (χ4v) is 4.66. The van der Waals surface area contributed by atoms with Crippen LogP contribution in [0.2, 0.25) is 0 Å². The summed E-state index contributed by atoms with van der Waals surface area (Å²) >= 11 is 0. The van der Waals surface area contributed by atoms with Crippen LogP contribution in [0.15, 0.2) is 6.33 Å². The Bertz CT molecular complexity index is 768. The molecule has 2 fully saturated rings. The van der Waals surface area contributed by atoms with Gasteiger partial charge in [0, 0.05) is 19.1 Å². The third-order valence-electron chi connectivity index (χ3n) is 6.21. The molecule has 1 amide bonds. The number of carbonyl (C=O) groups is 2. The molecule has 4 rings (SSSR count). The highest BCUT2D eigenvalue weighted by Crippen LogP contribution is 2.37. The number of aromatic nitrogens is 3. The summed E-state index contributed by atoms with van der Waals surface area (Å²) in [4.78, 5) is 30.5. The summed E-state index contributed by atoms with van der Waals surface area (Å²) in [7, 11) is 0.